The molecule has 0 saturated carbocycles. The minimum atomic E-state index is -4.23. The van der Waals surface area contributed by atoms with Crippen molar-refractivity contribution in [3.63, 3.8) is 0 Å². The Kier molecular flexibility index (Phi) is 11.8. The van der Waals surface area contributed by atoms with E-state index in [4.69, 9.17) is 19.3 Å². The number of nitrogens with two attached hydrogens (primary N) is 1. The smallest absolute Gasteiger partial charge is 0.389 e. The number of nitrogens with zero attached hydrogens (tertiary/aromatic N) is 4. The van der Waals surface area contributed by atoms with E-state index in [0.29, 0.717) is 11.2 Å². The largest absolute Gasteiger partial charge is 0.475 e. The van der Waals surface area contributed by atoms with Crippen LogP contribution in [0.15, 0.2) is 12.7 Å². The van der Waals surface area contributed by atoms with Gasteiger partial charge in [-0.05, 0) is 13.8 Å². The van der Waals surface area contributed by atoms with Gasteiger partial charge in [0.15, 0.2) is 21.7 Å². The van der Waals surface area contributed by atoms with Gasteiger partial charge in [0.25, 0.3) is 0 Å². The molecule has 0 aliphatic carbocycles. The molecule has 0 bridgehead atoms. The van der Waals surface area contributed by atoms with Gasteiger partial charge in [0.05, 0.1) is 37.0 Å². The van der Waals surface area contributed by atoms with Crippen LogP contribution in [-0.4, -0.2) is 87.7 Å². The molecule has 13 nitrogen and oxygen atoms in total. The third-order valence-electron chi connectivity index (χ3n) is 6.45. The predicted molar refractivity (Wildman–Crippen MR) is 171 cm³/mol. The van der Waals surface area contributed by atoms with Crippen LogP contribution in [-0.2, 0) is 27.7 Å². The summed E-state index contributed by atoms with van der Waals surface area (Å²) in [6.07, 6.45) is 0.509. The monoisotopic (exact) mass is 679 g/mol. The summed E-state index contributed by atoms with van der Waals surface area (Å²) in [6.45, 7) is 13.7. The van der Waals surface area contributed by atoms with Gasteiger partial charge in [-0.25, -0.2) is 19.5 Å². The Bertz CT molecular complexity index is 1310. The molecule has 242 valence electrons. The number of aliphatic hydroxyl groups is 2. The van der Waals surface area contributed by atoms with Crippen molar-refractivity contribution in [2.45, 2.75) is 83.8 Å². The topological polar surface area (TPSA) is 189 Å². The number of anilines is 1. The van der Waals surface area contributed by atoms with Gasteiger partial charge in [-0.1, -0.05) is 65.1 Å². The fraction of sp³-hybridized carbons (Fsp3) is 0.731. The number of aliphatic hydroxyl groups excluding tert-OH is 1. The third-order valence-corrected chi connectivity index (χ3v) is 12.4. The van der Waals surface area contributed by atoms with Gasteiger partial charge in [-0.2, -0.15) is 0 Å². The number of imidazole rings is 1. The van der Waals surface area contributed by atoms with Gasteiger partial charge in [0.1, 0.15) is 22.8 Å². The maximum atomic E-state index is 13.8. The van der Waals surface area contributed by atoms with Crippen LogP contribution in [0.3, 0.4) is 0 Å². The molecule has 3 heterocycles. The Hall–Kier alpha value is -1.23. The zero-order chi connectivity index (χ0) is 32.4. The number of hydrogen-bond donors (Lipinski definition) is 3. The van der Waals surface area contributed by atoms with E-state index in [0.717, 1.165) is 23.5 Å². The van der Waals surface area contributed by atoms with Crippen LogP contribution >= 0.6 is 43.1 Å². The molecule has 4 N–H and O–H groups in total. The number of phosphoric acid groups is 1. The van der Waals surface area contributed by atoms with Crippen LogP contribution in [0.1, 0.15) is 60.8 Å². The lowest BCUT2D eigenvalue weighted by Gasteiger charge is -2.30. The Morgan fingerprint density at radius 1 is 1.09 bits per heavy atom. The minimum absolute atomic E-state index is 0.0453. The first-order chi connectivity index (χ1) is 19.8. The maximum Gasteiger partial charge on any atom is 0.475 e. The maximum absolute atomic E-state index is 13.8. The normalized spacial score (nSPS) is 24.0. The Labute approximate surface area is 264 Å². The van der Waals surface area contributed by atoms with E-state index in [1.165, 1.54) is 31.3 Å². The molecule has 17 heteroatoms. The van der Waals surface area contributed by atoms with Crippen LogP contribution < -0.4 is 5.73 Å². The molecular formula is C26H42N5O8PS3. The molecule has 1 saturated heterocycles. The van der Waals surface area contributed by atoms with E-state index in [9.17, 15) is 24.4 Å². The van der Waals surface area contributed by atoms with Crippen LogP contribution in [0.4, 0.5) is 5.82 Å². The summed E-state index contributed by atoms with van der Waals surface area (Å²) >= 11 is 3.30. The summed E-state index contributed by atoms with van der Waals surface area (Å²) < 4.78 is 32.5. The van der Waals surface area contributed by atoms with Crippen molar-refractivity contribution in [2.75, 3.05) is 30.5 Å². The van der Waals surface area contributed by atoms with E-state index in [2.05, 4.69) is 15.0 Å². The van der Waals surface area contributed by atoms with E-state index in [1.807, 2.05) is 0 Å². The second-order valence-electron chi connectivity index (χ2n) is 12.4. The first-order valence-electron chi connectivity index (χ1n) is 13.7. The number of rotatable bonds is 12. The predicted octanol–water partition coefficient (Wildman–Crippen LogP) is 4.29. The molecular weight excluding hydrogens is 637 g/mol. The highest BCUT2D eigenvalue weighted by Crippen LogP contribution is 2.56. The highest BCUT2D eigenvalue weighted by Gasteiger charge is 2.55. The van der Waals surface area contributed by atoms with Crippen molar-refractivity contribution in [1.29, 1.82) is 0 Å². The molecule has 3 rings (SSSR count). The Morgan fingerprint density at radius 2 is 1.63 bits per heavy atom. The molecule has 0 amide bonds. The highest BCUT2D eigenvalue weighted by atomic mass is 32.2. The quantitative estimate of drug-likeness (QED) is 0.213. The number of hydrogen-bond acceptors (Lipinski definition) is 15. The van der Waals surface area contributed by atoms with Crippen molar-refractivity contribution in [3.05, 3.63) is 12.7 Å². The third kappa shape index (κ3) is 8.95. The molecule has 2 aromatic heterocycles. The second kappa shape index (κ2) is 14.0. The second-order valence-corrected chi connectivity index (χ2v) is 17.4. The van der Waals surface area contributed by atoms with Crippen LogP contribution in [0.2, 0.25) is 0 Å². The van der Waals surface area contributed by atoms with E-state index < -0.39 is 47.1 Å². The summed E-state index contributed by atoms with van der Waals surface area (Å²) in [5.41, 5.74) is 3.90. The minimum Gasteiger partial charge on any atom is -0.389 e. The molecule has 1 aliphatic rings. The first kappa shape index (κ1) is 36.2. The SMILES string of the molecule is CC(OP(=O)(OCCSC(=O)C(C)(C)C)OCCSC(=O)C(C)(C)C)C1S[C@@H](n2cnc3c(N)ncnc32)[C@](C)(O)[C@@H]1O. The molecule has 0 radical (unpaired) electrons. The van der Waals surface area contributed by atoms with Crippen molar-refractivity contribution in [1.82, 2.24) is 19.5 Å². The first-order valence-corrected chi connectivity index (χ1v) is 18.1. The average Bonchev–Trinajstić information content (AvgIpc) is 3.42. The van der Waals surface area contributed by atoms with Crippen molar-refractivity contribution in [2.24, 2.45) is 10.8 Å². The lowest BCUT2D eigenvalue weighted by atomic mass is 9.94. The van der Waals surface area contributed by atoms with Gasteiger partial charge in [-0.3, -0.25) is 27.7 Å². The standard InChI is InChI=1S/C26H42N5O8PS3/c1-15(17-18(32)26(8,35)21(43-17)31-14-30-16-19(27)28-13-29-20(16)31)39-40(36,37-9-11-41-22(33)24(2,3)4)38-10-12-42-23(34)25(5,6)7/h13-15,17-18,21,32,35H,9-12H2,1-8H3,(H2,27,28,29)/t15?,17?,18-,21-,26-/m1/s1. The Morgan fingerprint density at radius 3 is 2.14 bits per heavy atom. The molecule has 2 aromatic rings. The zero-order valence-electron chi connectivity index (χ0n) is 25.7. The summed E-state index contributed by atoms with van der Waals surface area (Å²) in [7, 11) is -4.23. The summed E-state index contributed by atoms with van der Waals surface area (Å²) in [5.74, 6) is 0.615. The van der Waals surface area contributed by atoms with Gasteiger partial charge in [0.2, 0.25) is 0 Å². The van der Waals surface area contributed by atoms with Crippen molar-refractivity contribution >= 4 is 70.3 Å². The lowest BCUT2D eigenvalue weighted by molar-refractivity contribution is -0.118. The zero-order valence-corrected chi connectivity index (χ0v) is 29.0. The molecule has 2 unspecified atom stereocenters. The van der Waals surface area contributed by atoms with Gasteiger partial charge in [0, 0.05) is 22.3 Å². The molecule has 5 atom stereocenters. The van der Waals surface area contributed by atoms with Crippen LogP contribution in [0.5, 0.6) is 0 Å². The molecule has 1 aliphatic heterocycles. The number of thioether (sulfide) groups is 3. The van der Waals surface area contributed by atoms with Crippen molar-refractivity contribution in [3.8, 4) is 0 Å². The molecule has 1 fully saturated rings. The number of aromatic nitrogens is 4. The van der Waals surface area contributed by atoms with Gasteiger partial charge in [-0.15, -0.1) is 11.8 Å². The Balaban J connectivity index is 1.74. The van der Waals surface area contributed by atoms with Crippen LogP contribution in [0.25, 0.3) is 11.2 Å². The molecule has 0 spiro atoms. The van der Waals surface area contributed by atoms with Crippen molar-refractivity contribution < 1.29 is 37.9 Å². The van der Waals surface area contributed by atoms with Crippen LogP contribution in [0, 0.1) is 10.8 Å². The number of carbonyl (C=O) groups excluding carboxylic acids is 2. The number of nitrogen functional groups attached to an aromatic ring is 1. The average molecular weight is 680 g/mol. The number of carbonyl (C=O) groups is 2. The molecule has 0 aromatic carbocycles. The summed E-state index contributed by atoms with van der Waals surface area (Å²) in [6, 6.07) is 0. The number of phosphoric ester groups is 1. The summed E-state index contributed by atoms with van der Waals surface area (Å²) in [5, 5.41) is 20.9. The fourth-order valence-corrected chi connectivity index (χ4v) is 8.92. The lowest BCUT2D eigenvalue weighted by Crippen LogP contribution is -2.46. The fourth-order valence-electron chi connectivity index (χ4n) is 3.96. The van der Waals surface area contributed by atoms with Gasteiger partial charge >= 0.3 is 7.82 Å². The summed E-state index contributed by atoms with van der Waals surface area (Å²) in [4.78, 5) is 37.0. The van der Waals surface area contributed by atoms with E-state index in [1.54, 1.807) is 53.0 Å². The van der Waals surface area contributed by atoms with E-state index >= 15 is 0 Å². The van der Waals surface area contributed by atoms with Gasteiger partial charge < -0.3 is 15.9 Å². The van der Waals surface area contributed by atoms with E-state index in [-0.39, 0.29) is 40.8 Å². The highest BCUT2D eigenvalue weighted by molar-refractivity contribution is 8.14. The molecule has 43 heavy (non-hydrogen) atoms. The number of fused-ring (bicyclic) bond motifs is 1.